The van der Waals surface area contributed by atoms with Crippen LogP contribution in [0.25, 0.3) is 11.5 Å². The molecular weight excluding hydrogens is 429 g/mol. The predicted molar refractivity (Wildman–Crippen MR) is 115 cm³/mol. The highest BCUT2D eigenvalue weighted by atomic mass is 35.5. The summed E-state index contributed by atoms with van der Waals surface area (Å²) in [6.45, 7) is -0.142. The van der Waals surface area contributed by atoms with Crippen LogP contribution in [0.15, 0.2) is 53.1 Å². The molecular formula is C21H19Cl2N3O4. The molecule has 1 aromatic heterocycles. The van der Waals surface area contributed by atoms with E-state index in [1.54, 1.807) is 42.5 Å². The van der Waals surface area contributed by atoms with Crippen molar-refractivity contribution in [2.24, 2.45) is 0 Å². The predicted octanol–water partition coefficient (Wildman–Crippen LogP) is 4.30. The number of nitrogens with one attached hydrogen (secondary N) is 1. The monoisotopic (exact) mass is 447 g/mol. The molecule has 0 unspecified atom stereocenters. The molecule has 3 aromatic rings. The van der Waals surface area contributed by atoms with Crippen LogP contribution in [-0.2, 0) is 16.0 Å². The number of oxazole rings is 1. The average molecular weight is 448 g/mol. The molecule has 156 valence electrons. The van der Waals surface area contributed by atoms with Crippen LogP contribution >= 0.6 is 23.2 Å². The van der Waals surface area contributed by atoms with Crippen molar-refractivity contribution < 1.29 is 18.7 Å². The van der Waals surface area contributed by atoms with Gasteiger partial charge in [0.1, 0.15) is 12.0 Å². The smallest absolute Gasteiger partial charge is 0.244 e. The first-order chi connectivity index (χ1) is 14.4. The number of anilines is 1. The highest BCUT2D eigenvalue weighted by Gasteiger charge is 2.17. The fraction of sp³-hybridized carbons (Fsp3) is 0.190. The highest BCUT2D eigenvalue weighted by molar-refractivity contribution is 6.31. The van der Waals surface area contributed by atoms with Crippen LogP contribution in [0.3, 0.4) is 0 Å². The molecule has 7 nitrogen and oxygen atoms in total. The van der Waals surface area contributed by atoms with E-state index >= 15 is 0 Å². The van der Waals surface area contributed by atoms with Gasteiger partial charge in [-0.25, -0.2) is 4.98 Å². The molecule has 1 heterocycles. The highest BCUT2D eigenvalue weighted by Crippen LogP contribution is 2.27. The van der Waals surface area contributed by atoms with Crippen molar-refractivity contribution >= 4 is 40.7 Å². The Hall–Kier alpha value is -3.03. The third kappa shape index (κ3) is 5.52. The largest absolute Gasteiger partial charge is 0.495 e. The Morgan fingerprint density at radius 3 is 2.53 bits per heavy atom. The summed E-state index contributed by atoms with van der Waals surface area (Å²) in [5, 5.41) is 3.76. The van der Waals surface area contributed by atoms with Gasteiger partial charge >= 0.3 is 0 Å². The lowest BCUT2D eigenvalue weighted by Crippen LogP contribution is -2.35. The lowest BCUT2D eigenvalue weighted by molar-refractivity contribution is -0.132. The number of rotatable bonds is 7. The lowest BCUT2D eigenvalue weighted by Gasteiger charge is -2.17. The van der Waals surface area contributed by atoms with Crippen molar-refractivity contribution in [2.75, 3.05) is 26.0 Å². The standard InChI is InChI=1S/C21H19Cl2N3O4/c1-26(11-19(27)25-17-9-15(23)7-8-18(17)29-2)20(28)10-16-12-30-21(24-16)13-3-5-14(22)6-4-13/h3-9,12H,10-11H2,1-2H3,(H,25,27). The van der Waals surface area contributed by atoms with Gasteiger partial charge in [0.15, 0.2) is 0 Å². The third-order valence-electron chi connectivity index (χ3n) is 4.22. The Morgan fingerprint density at radius 2 is 1.83 bits per heavy atom. The SMILES string of the molecule is COc1ccc(Cl)cc1NC(=O)CN(C)C(=O)Cc1coc(-c2ccc(Cl)cc2)n1. The van der Waals surface area contributed by atoms with E-state index in [4.69, 9.17) is 32.4 Å². The van der Waals surface area contributed by atoms with E-state index in [1.165, 1.54) is 25.3 Å². The van der Waals surface area contributed by atoms with Gasteiger partial charge in [-0.3, -0.25) is 9.59 Å². The molecule has 2 aromatic carbocycles. The molecule has 2 amide bonds. The molecule has 30 heavy (non-hydrogen) atoms. The summed E-state index contributed by atoms with van der Waals surface area (Å²) in [6, 6.07) is 11.9. The number of nitrogens with zero attached hydrogens (tertiary/aromatic N) is 2. The molecule has 0 saturated heterocycles. The first kappa shape index (κ1) is 21.7. The zero-order chi connectivity index (χ0) is 21.7. The maximum Gasteiger partial charge on any atom is 0.244 e. The Balaban J connectivity index is 1.58. The van der Waals surface area contributed by atoms with Gasteiger partial charge < -0.3 is 19.4 Å². The van der Waals surface area contributed by atoms with Crippen LogP contribution in [-0.4, -0.2) is 42.4 Å². The number of likely N-dealkylation sites (N-methyl/N-ethyl adjacent to an activating group) is 1. The minimum atomic E-state index is -0.381. The van der Waals surface area contributed by atoms with Gasteiger partial charge in [0.05, 0.1) is 31.5 Å². The van der Waals surface area contributed by atoms with Crippen LogP contribution in [0.4, 0.5) is 5.69 Å². The van der Waals surface area contributed by atoms with E-state index in [1.807, 2.05) is 0 Å². The molecule has 0 aliphatic carbocycles. The molecule has 0 bridgehead atoms. The van der Waals surface area contributed by atoms with Gasteiger partial charge in [-0.15, -0.1) is 0 Å². The van der Waals surface area contributed by atoms with Crippen LogP contribution < -0.4 is 10.1 Å². The van der Waals surface area contributed by atoms with Gasteiger partial charge in [-0.2, -0.15) is 0 Å². The fourth-order valence-corrected chi connectivity index (χ4v) is 2.97. The van der Waals surface area contributed by atoms with E-state index in [0.29, 0.717) is 33.1 Å². The third-order valence-corrected chi connectivity index (χ3v) is 4.70. The number of carbonyl (C=O) groups is 2. The minimum absolute atomic E-state index is 0.00135. The number of methoxy groups -OCH3 is 1. The zero-order valence-corrected chi connectivity index (χ0v) is 17.8. The van der Waals surface area contributed by atoms with Crippen molar-refractivity contribution in [3.8, 4) is 17.2 Å². The van der Waals surface area contributed by atoms with Gasteiger partial charge in [0.25, 0.3) is 0 Å². The Morgan fingerprint density at radius 1 is 1.13 bits per heavy atom. The van der Waals surface area contributed by atoms with E-state index in [-0.39, 0.29) is 24.8 Å². The van der Waals surface area contributed by atoms with E-state index in [9.17, 15) is 9.59 Å². The summed E-state index contributed by atoms with van der Waals surface area (Å²) in [5.41, 5.74) is 1.65. The minimum Gasteiger partial charge on any atom is -0.495 e. The molecule has 3 rings (SSSR count). The van der Waals surface area contributed by atoms with E-state index < -0.39 is 0 Å². The number of amides is 2. The van der Waals surface area contributed by atoms with Crippen molar-refractivity contribution in [2.45, 2.75) is 6.42 Å². The molecule has 0 radical (unpaired) electrons. The Bertz CT molecular complexity index is 1050. The maximum atomic E-state index is 12.5. The molecule has 9 heteroatoms. The molecule has 0 fully saturated rings. The normalized spacial score (nSPS) is 10.5. The summed E-state index contributed by atoms with van der Waals surface area (Å²) in [5.74, 6) is 0.203. The zero-order valence-electron chi connectivity index (χ0n) is 16.3. The van der Waals surface area contributed by atoms with Crippen LogP contribution in [0.2, 0.25) is 10.0 Å². The maximum absolute atomic E-state index is 12.5. The number of hydrogen-bond donors (Lipinski definition) is 1. The molecule has 1 N–H and O–H groups in total. The second-order valence-electron chi connectivity index (χ2n) is 6.47. The number of carbonyl (C=O) groups excluding carboxylic acids is 2. The number of ether oxygens (including phenoxy) is 1. The second-order valence-corrected chi connectivity index (χ2v) is 7.34. The Kier molecular flexibility index (Phi) is 6.97. The fourth-order valence-electron chi connectivity index (χ4n) is 2.67. The van der Waals surface area contributed by atoms with Crippen molar-refractivity contribution in [1.29, 1.82) is 0 Å². The quantitative estimate of drug-likeness (QED) is 0.583. The summed E-state index contributed by atoms with van der Waals surface area (Å²) >= 11 is 11.8. The van der Waals surface area contributed by atoms with Gasteiger partial charge in [0, 0.05) is 22.7 Å². The number of hydrogen-bond acceptors (Lipinski definition) is 5. The molecule has 0 atom stereocenters. The lowest BCUT2D eigenvalue weighted by atomic mass is 10.2. The number of benzene rings is 2. The molecule has 0 aliphatic rings. The van der Waals surface area contributed by atoms with E-state index in [2.05, 4.69) is 10.3 Å². The molecule has 0 saturated carbocycles. The number of aromatic nitrogens is 1. The number of halogens is 2. The van der Waals surface area contributed by atoms with Gasteiger partial charge in [-0.05, 0) is 42.5 Å². The van der Waals surface area contributed by atoms with Crippen molar-refractivity contribution in [3.63, 3.8) is 0 Å². The summed E-state index contributed by atoms with van der Waals surface area (Å²) in [6.07, 6.45) is 1.42. The van der Waals surface area contributed by atoms with Crippen molar-refractivity contribution in [3.05, 3.63) is 64.5 Å². The van der Waals surface area contributed by atoms with Crippen molar-refractivity contribution in [1.82, 2.24) is 9.88 Å². The summed E-state index contributed by atoms with van der Waals surface area (Å²) < 4.78 is 10.6. The Labute approximate surface area is 183 Å². The van der Waals surface area contributed by atoms with Crippen LogP contribution in [0, 0.1) is 0 Å². The van der Waals surface area contributed by atoms with Crippen LogP contribution in [0.5, 0.6) is 5.75 Å². The topological polar surface area (TPSA) is 84.7 Å². The summed E-state index contributed by atoms with van der Waals surface area (Å²) in [7, 11) is 3.03. The molecule has 0 spiro atoms. The van der Waals surface area contributed by atoms with E-state index in [0.717, 1.165) is 5.56 Å². The van der Waals surface area contributed by atoms with Crippen LogP contribution in [0.1, 0.15) is 5.69 Å². The van der Waals surface area contributed by atoms with Gasteiger partial charge in [0.2, 0.25) is 17.7 Å². The first-order valence-electron chi connectivity index (χ1n) is 8.93. The van der Waals surface area contributed by atoms with Gasteiger partial charge in [-0.1, -0.05) is 23.2 Å². The first-order valence-corrected chi connectivity index (χ1v) is 9.69. The average Bonchev–Trinajstić information content (AvgIpc) is 3.17. The second kappa shape index (κ2) is 9.65. The summed E-state index contributed by atoms with van der Waals surface area (Å²) in [4.78, 5) is 30.4. The molecule has 0 aliphatic heterocycles.